The fourth-order valence-corrected chi connectivity index (χ4v) is 1.87. The summed E-state index contributed by atoms with van der Waals surface area (Å²) in [6, 6.07) is 0. The molecule has 0 bridgehead atoms. The largest absolute Gasteiger partial charge is 0.369 e. The van der Waals surface area contributed by atoms with E-state index in [2.05, 4.69) is 25.7 Å². The molecule has 2 heteroatoms. The van der Waals surface area contributed by atoms with Crippen molar-refractivity contribution >= 4 is 0 Å². The van der Waals surface area contributed by atoms with Gasteiger partial charge in [0.1, 0.15) is 0 Å². The van der Waals surface area contributed by atoms with Crippen LogP contribution in [0.4, 0.5) is 0 Å². The summed E-state index contributed by atoms with van der Waals surface area (Å²) in [6.07, 6.45) is 2.89. The zero-order valence-electron chi connectivity index (χ0n) is 8.97. The van der Waals surface area contributed by atoms with Gasteiger partial charge in [-0.15, -0.1) is 0 Å². The van der Waals surface area contributed by atoms with Crippen LogP contribution in [0.5, 0.6) is 0 Å². The van der Waals surface area contributed by atoms with Crippen molar-refractivity contribution in [3.63, 3.8) is 0 Å². The lowest BCUT2D eigenvalue weighted by atomic mass is 9.88. The number of likely N-dealkylation sites (N-methyl/N-ethyl adjacent to an activating group) is 1. The summed E-state index contributed by atoms with van der Waals surface area (Å²) >= 11 is 0. The van der Waals surface area contributed by atoms with E-state index in [-0.39, 0.29) is 6.10 Å². The number of rotatable bonds is 3. The predicted octanol–water partition coefficient (Wildman–Crippen LogP) is 1.97. The molecule has 76 valence electrons. The summed E-state index contributed by atoms with van der Waals surface area (Å²) in [5.74, 6) is 0.608. The van der Waals surface area contributed by atoms with Crippen LogP contribution < -0.4 is 5.32 Å². The third-order valence-electron chi connectivity index (χ3n) is 2.86. The molecule has 0 saturated carbocycles. The first-order valence-corrected chi connectivity index (χ1v) is 5.17. The zero-order valence-corrected chi connectivity index (χ0v) is 8.97. The van der Waals surface area contributed by atoms with Crippen molar-refractivity contribution in [1.29, 1.82) is 0 Å². The normalized spacial score (nSPS) is 35.0. The second kappa shape index (κ2) is 4.77. The summed E-state index contributed by atoms with van der Waals surface area (Å²) in [5, 5.41) is 3.15. The molecule has 1 aliphatic rings. The molecular weight excluding hydrogens is 162 g/mol. The Kier molecular flexibility index (Phi) is 3.94. The highest BCUT2D eigenvalue weighted by molar-refractivity contribution is 5.10. The van der Waals surface area contributed by atoms with Gasteiger partial charge in [0, 0.05) is 6.54 Å². The SMILES string of the molecule is C=C1C(C)CC(CC)OC1CNC. The van der Waals surface area contributed by atoms with Gasteiger partial charge in [0.25, 0.3) is 0 Å². The van der Waals surface area contributed by atoms with E-state index in [1.54, 1.807) is 0 Å². The van der Waals surface area contributed by atoms with Gasteiger partial charge >= 0.3 is 0 Å². The van der Waals surface area contributed by atoms with Gasteiger partial charge in [-0.05, 0) is 31.4 Å². The second-order valence-corrected chi connectivity index (χ2v) is 3.92. The van der Waals surface area contributed by atoms with Crippen LogP contribution in [-0.4, -0.2) is 25.8 Å². The minimum Gasteiger partial charge on any atom is -0.369 e. The van der Waals surface area contributed by atoms with Crippen LogP contribution in [0.1, 0.15) is 26.7 Å². The summed E-state index contributed by atoms with van der Waals surface area (Å²) in [5.41, 5.74) is 1.25. The predicted molar refractivity (Wildman–Crippen MR) is 55.8 cm³/mol. The third kappa shape index (κ3) is 2.55. The maximum atomic E-state index is 5.90. The lowest BCUT2D eigenvalue weighted by Crippen LogP contribution is -2.39. The van der Waals surface area contributed by atoms with Gasteiger partial charge in [-0.1, -0.05) is 20.4 Å². The molecule has 1 N–H and O–H groups in total. The molecule has 1 aliphatic heterocycles. The van der Waals surface area contributed by atoms with Crippen LogP contribution in [0.2, 0.25) is 0 Å². The van der Waals surface area contributed by atoms with Crippen LogP contribution >= 0.6 is 0 Å². The Morgan fingerprint density at radius 1 is 1.62 bits per heavy atom. The molecule has 1 fully saturated rings. The number of nitrogens with one attached hydrogen (secondary N) is 1. The number of hydrogen-bond acceptors (Lipinski definition) is 2. The molecule has 0 spiro atoms. The first-order chi connectivity index (χ1) is 6.19. The molecule has 3 unspecified atom stereocenters. The molecule has 1 saturated heterocycles. The topological polar surface area (TPSA) is 21.3 Å². The lowest BCUT2D eigenvalue weighted by molar-refractivity contribution is -0.0319. The molecule has 0 aromatic rings. The quantitative estimate of drug-likeness (QED) is 0.675. The van der Waals surface area contributed by atoms with Gasteiger partial charge < -0.3 is 10.1 Å². The van der Waals surface area contributed by atoms with Gasteiger partial charge in [-0.3, -0.25) is 0 Å². The summed E-state index contributed by atoms with van der Waals surface area (Å²) < 4.78 is 5.90. The average molecular weight is 183 g/mol. The zero-order chi connectivity index (χ0) is 9.84. The minimum absolute atomic E-state index is 0.221. The molecule has 0 radical (unpaired) electrons. The Bertz CT molecular complexity index is 179. The highest BCUT2D eigenvalue weighted by Gasteiger charge is 2.28. The Morgan fingerprint density at radius 2 is 2.31 bits per heavy atom. The van der Waals surface area contributed by atoms with E-state index in [1.165, 1.54) is 5.57 Å². The second-order valence-electron chi connectivity index (χ2n) is 3.92. The van der Waals surface area contributed by atoms with E-state index >= 15 is 0 Å². The first kappa shape index (κ1) is 10.7. The monoisotopic (exact) mass is 183 g/mol. The minimum atomic E-state index is 0.221. The van der Waals surface area contributed by atoms with Crippen molar-refractivity contribution in [2.75, 3.05) is 13.6 Å². The van der Waals surface area contributed by atoms with Gasteiger partial charge in [0.2, 0.25) is 0 Å². The molecule has 0 amide bonds. The Labute approximate surface area is 81.4 Å². The number of hydrogen-bond donors (Lipinski definition) is 1. The van der Waals surface area contributed by atoms with Crippen LogP contribution in [0, 0.1) is 5.92 Å². The summed E-state index contributed by atoms with van der Waals surface area (Å²) in [7, 11) is 1.96. The first-order valence-electron chi connectivity index (χ1n) is 5.17. The summed E-state index contributed by atoms with van der Waals surface area (Å²) in [6.45, 7) is 9.42. The molecular formula is C11H21NO. The van der Waals surface area contributed by atoms with Crippen LogP contribution in [0.25, 0.3) is 0 Å². The molecule has 3 atom stereocenters. The molecule has 0 aliphatic carbocycles. The van der Waals surface area contributed by atoms with Crippen molar-refractivity contribution in [2.45, 2.75) is 38.9 Å². The van der Waals surface area contributed by atoms with Crippen LogP contribution in [0.3, 0.4) is 0 Å². The van der Waals surface area contributed by atoms with E-state index < -0.39 is 0 Å². The number of ether oxygens (including phenoxy) is 1. The maximum absolute atomic E-state index is 5.90. The smallest absolute Gasteiger partial charge is 0.0912 e. The van der Waals surface area contributed by atoms with E-state index in [1.807, 2.05) is 7.05 Å². The summed E-state index contributed by atoms with van der Waals surface area (Å²) in [4.78, 5) is 0. The van der Waals surface area contributed by atoms with Gasteiger partial charge in [-0.25, -0.2) is 0 Å². The molecule has 1 rings (SSSR count). The van der Waals surface area contributed by atoms with E-state index in [0.717, 1.165) is 19.4 Å². The molecule has 13 heavy (non-hydrogen) atoms. The third-order valence-corrected chi connectivity index (χ3v) is 2.86. The van der Waals surface area contributed by atoms with Crippen molar-refractivity contribution in [2.24, 2.45) is 5.92 Å². The van der Waals surface area contributed by atoms with Crippen molar-refractivity contribution < 1.29 is 4.74 Å². The maximum Gasteiger partial charge on any atom is 0.0912 e. The molecule has 0 aromatic carbocycles. The average Bonchev–Trinajstić information content (AvgIpc) is 2.13. The highest BCUT2D eigenvalue weighted by atomic mass is 16.5. The van der Waals surface area contributed by atoms with Gasteiger partial charge in [0.05, 0.1) is 12.2 Å². The van der Waals surface area contributed by atoms with Crippen LogP contribution in [-0.2, 0) is 4.74 Å². The molecule has 2 nitrogen and oxygen atoms in total. The Balaban J connectivity index is 2.55. The highest BCUT2D eigenvalue weighted by Crippen LogP contribution is 2.29. The van der Waals surface area contributed by atoms with E-state index in [4.69, 9.17) is 4.74 Å². The fraction of sp³-hybridized carbons (Fsp3) is 0.818. The van der Waals surface area contributed by atoms with E-state index in [9.17, 15) is 0 Å². The molecule has 1 heterocycles. The fourth-order valence-electron chi connectivity index (χ4n) is 1.87. The van der Waals surface area contributed by atoms with Gasteiger partial charge in [0.15, 0.2) is 0 Å². The van der Waals surface area contributed by atoms with Crippen molar-refractivity contribution in [3.05, 3.63) is 12.2 Å². The van der Waals surface area contributed by atoms with Crippen molar-refractivity contribution in [3.8, 4) is 0 Å². The van der Waals surface area contributed by atoms with E-state index in [0.29, 0.717) is 12.0 Å². The molecule has 0 aromatic heterocycles. The standard InChI is InChI=1S/C11H21NO/c1-5-10-6-8(2)9(3)11(13-10)7-12-4/h8,10-12H,3,5-7H2,1-2,4H3. The Hall–Kier alpha value is -0.340. The lowest BCUT2D eigenvalue weighted by Gasteiger charge is -2.35. The van der Waals surface area contributed by atoms with Gasteiger partial charge in [-0.2, -0.15) is 0 Å². The Morgan fingerprint density at radius 3 is 2.85 bits per heavy atom. The van der Waals surface area contributed by atoms with Crippen LogP contribution in [0.15, 0.2) is 12.2 Å². The van der Waals surface area contributed by atoms with Crippen molar-refractivity contribution in [1.82, 2.24) is 5.32 Å².